The third-order valence-corrected chi connectivity index (χ3v) is 10.4. The van der Waals surface area contributed by atoms with Gasteiger partial charge < -0.3 is 41.7 Å². The lowest BCUT2D eigenvalue weighted by Gasteiger charge is -2.22. The number of para-hydroxylation sites is 2. The molecular weight excluding hydrogens is 839 g/mol. The van der Waals surface area contributed by atoms with E-state index in [9.17, 15) is 38.7 Å². The second kappa shape index (κ2) is 29.6. The van der Waals surface area contributed by atoms with Crippen molar-refractivity contribution < 1.29 is 54.0 Å². The predicted molar refractivity (Wildman–Crippen MR) is 244 cm³/mol. The molecule has 4 amide bonds. The number of hydrogen-bond donors (Lipinski definition) is 8. The van der Waals surface area contributed by atoms with Gasteiger partial charge in [0.2, 0.25) is 12.3 Å². The highest BCUT2D eigenvalue weighted by Gasteiger charge is 2.25. The van der Waals surface area contributed by atoms with E-state index in [1.54, 1.807) is 0 Å². The summed E-state index contributed by atoms with van der Waals surface area (Å²) >= 11 is 0. The van der Waals surface area contributed by atoms with Gasteiger partial charge >= 0.3 is 29.9 Å². The maximum absolute atomic E-state index is 12.3. The quantitative estimate of drug-likeness (QED) is 0.0225. The zero-order valence-corrected chi connectivity index (χ0v) is 37.0. The van der Waals surface area contributed by atoms with Crippen molar-refractivity contribution >= 4 is 64.0 Å². The van der Waals surface area contributed by atoms with Crippen LogP contribution in [0.15, 0.2) is 72.8 Å². The van der Waals surface area contributed by atoms with Gasteiger partial charge in [-0.3, -0.25) is 29.3 Å². The first-order chi connectivity index (χ1) is 31.3. The summed E-state index contributed by atoms with van der Waals surface area (Å²) in [5, 5.41) is 47.7. The number of carboxylic acids is 4. The molecule has 0 bridgehead atoms. The number of carbonyl (C=O) groups excluding carboxylic acids is 3. The van der Waals surface area contributed by atoms with Gasteiger partial charge in [0.25, 0.3) is 0 Å². The fourth-order valence-corrected chi connectivity index (χ4v) is 6.94. The molecule has 352 valence electrons. The molecule has 0 aliphatic rings. The molecule has 2 aromatic heterocycles. The van der Waals surface area contributed by atoms with Gasteiger partial charge in [-0.25, -0.2) is 19.2 Å². The number of rotatable bonds is 30. The number of nitrogens with zero attached hydrogens (tertiary/aromatic N) is 3. The molecule has 4 rings (SSSR count). The summed E-state index contributed by atoms with van der Waals surface area (Å²) in [7, 11) is 0. The van der Waals surface area contributed by atoms with Crippen LogP contribution in [0.3, 0.4) is 0 Å². The molecular formula is C47H63N7O11. The summed E-state index contributed by atoms with van der Waals surface area (Å²) in [5.41, 5.74) is 3.91. The van der Waals surface area contributed by atoms with Gasteiger partial charge in [0.05, 0.1) is 22.4 Å². The Kier molecular flexibility index (Phi) is 24.0. The van der Waals surface area contributed by atoms with Gasteiger partial charge in [0.1, 0.15) is 18.1 Å². The van der Waals surface area contributed by atoms with Crippen molar-refractivity contribution in [3.05, 3.63) is 84.2 Å². The van der Waals surface area contributed by atoms with Gasteiger partial charge in [-0.1, -0.05) is 81.1 Å². The average molecular weight is 902 g/mol. The third-order valence-electron chi connectivity index (χ3n) is 10.4. The van der Waals surface area contributed by atoms with Crippen molar-refractivity contribution in [2.75, 3.05) is 13.1 Å². The fraction of sp³-hybridized carbons (Fsp3) is 0.468. The number of fused-ring (bicyclic) bond motifs is 2. The first kappa shape index (κ1) is 52.7. The molecule has 2 aromatic carbocycles. The van der Waals surface area contributed by atoms with Crippen LogP contribution in [0.2, 0.25) is 0 Å². The molecule has 0 saturated heterocycles. The van der Waals surface area contributed by atoms with Crippen LogP contribution in [-0.4, -0.2) is 109 Å². The second-order valence-corrected chi connectivity index (χ2v) is 15.7. The Morgan fingerprint density at radius 1 is 0.585 bits per heavy atom. The Hall–Kier alpha value is -6.69. The Morgan fingerprint density at radius 2 is 1.09 bits per heavy atom. The summed E-state index contributed by atoms with van der Waals surface area (Å²) in [6.45, 7) is 4.62. The fourth-order valence-electron chi connectivity index (χ4n) is 6.94. The predicted octanol–water partition coefficient (Wildman–Crippen LogP) is 5.86. The molecule has 0 fully saturated rings. The van der Waals surface area contributed by atoms with E-state index in [2.05, 4.69) is 64.2 Å². The number of aromatic nitrogens is 2. The number of carboxylic acid groups (broad SMARTS) is 4. The van der Waals surface area contributed by atoms with Crippen LogP contribution in [0.1, 0.15) is 108 Å². The normalized spacial score (nSPS) is 12.3. The van der Waals surface area contributed by atoms with E-state index in [1.165, 1.54) is 6.42 Å². The molecule has 0 radical (unpaired) electrons. The van der Waals surface area contributed by atoms with E-state index >= 15 is 0 Å². The maximum Gasteiger partial charge on any atom is 0.326 e. The minimum atomic E-state index is -1.44. The molecule has 0 saturated carbocycles. The standard InChI is InChI=1S/C34H42N4O3.C13H21N3O8/c1-2-3-4-5-6-18-33(39)37-32(34(40)41)17-11-12-23-38(24-28-21-19-26-13-7-9-15-30(26)35-28)25-29-22-20-27-14-8-10-16-31(27)36-29;17-7-14-6-2-1-3-8(11(20)21)15-13(24)16-9(12(22)23)4-5-10(18)19/h7-10,13-16,19-22,32H,2-6,11-12,17-18,23-25H2,1H3,(H,37,39)(H,40,41);7-9H,1-6H2,(H,14,17)(H,18,19)(H,20,21)(H,22,23)(H2,15,16,24). The van der Waals surface area contributed by atoms with Gasteiger partial charge in [-0.2, -0.15) is 0 Å². The lowest BCUT2D eigenvalue weighted by atomic mass is 10.1. The van der Waals surface area contributed by atoms with Crippen molar-refractivity contribution in [2.24, 2.45) is 0 Å². The molecule has 3 atom stereocenters. The van der Waals surface area contributed by atoms with Crippen molar-refractivity contribution in [1.29, 1.82) is 0 Å². The van der Waals surface area contributed by atoms with E-state index in [0.29, 0.717) is 58.1 Å². The number of unbranched alkanes of at least 4 members (excludes halogenated alkanes) is 6. The van der Waals surface area contributed by atoms with Crippen LogP contribution in [0, 0.1) is 0 Å². The van der Waals surface area contributed by atoms with E-state index < -0.39 is 54.5 Å². The molecule has 0 aliphatic carbocycles. The van der Waals surface area contributed by atoms with Crippen LogP contribution >= 0.6 is 0 Å². The zero-order chi connectivity index (χ0) is 47.4. The van der Waals surface area contributed by atoms with E-state index in [0.717, 1.165) is 71.8 Å². The lowest BCUT2D eigenvalue weighted by molar-refractivity contribution is -0.142. The minimum Gasteiger partial charge on any atom is -0.481 e. The Morgan fingerprint density at radius 3 is 1.62 bits per heavy atom. The van der Waals surface area contributed by atoms with Crippen molar-refractivity contribution in [3.63, 3.8) is 0 Å². The van der Waals surface area contributed by atoms with Gasteiger partial charge in [0, 0.05) is 43.2 Å². The second-order valence-electron chi connectivity index (χ2n) is 15.7. The number of urea groups is 1. The monoisotopic (exact) mass is 901 g/mol. The number of aliphatic carboxylic acids is 4. The Labute approximate surface area is 378 Å². The molecule has 3 unspecified atom stereocenters. The van der Waals surface area contributed by atoms with Crippen molar-refractivity contribution in [3.8, 4) is 0 Å². The van der Waals surface area contributed by atoms with Gasteiger partial charge in [0.15, 0.2) is 0 Å². The number of benzene rings is 2. The molecule has 0 spiro atoms. The van der Waals surface area contributed by atoms with E-state index in [4.69, 9.17) is 25.3 Å². The number of hydrogen-bond acceptors (Lipinski definition) is 10. The highest BCUT2D eigenvalue weighted by Crippen LogP contribution is 2.18. The molecule has 4 aromatic rings. The van der Waals surface area contributed by atoms with Crippen LogP contribution < -0.4 is 21.3 Å². The smallest absolute Gasteiger partial charge is 0.326 e. The Bertz CT molecular complexity index is 2070. The molecule has 0 aliphatic heterocycles. The summed E-state index contributed by atoms with van der Waals surface area (Å²) in [5.74, 6) is -5.05. The SMILES string of the molecule is CCCCCCCC(=O)NC(CCCCN(Cc1ccc2ccccc2n1)Cc1ccc2ccccc2n1)C(=O)O.O=CNCCCCC(NC(=O)NC(CCC(=O)O)C(=O)O)C(=O)O. The molecule has 8 N–H and O–H groups in total. The maximum atomic E-state index is 12.3. The van der Waals surface area contributed by atoms with Crippen LogP contribution in [0.25, 0.3) is 21.8 Å². The number of carbonyl (C=O) groups is 7. The topological polar surface area (TPSA) is 278 Å². The lowest BCUT2D eigenvalue weighted by Crippen LogP contribution is -2.51. The summed E-state index contributed by atoms with van der Waals surface area (Å²) < 4.78 is 0. The summed E-state index contributed by atoms with van der Waals surface area (Å²) in [6, 6.07) is 20.0. The first-order valence-electron chi connectivity index (χ1n) is 22.1. The van der Waals surface area contributed by atoms with Gasteiger partial charge in [-0.05, 0) is 82.2 Å². The summed E-state index contributed by atoms with van der Waals surface area (Å²) in [4.78, 5) is 90.5. The molecule has 2 heterocycles. The average Bonchev–Trinajstić information content (AvgIpc) is 3.28. The number of nitrogens with one attached hydrogen (secondary N) is 4. The molecule has 18 nitrogen and oxygen atoms in total. The van der Waals surface area contributed by atoms with E-state index in [1.807, 2.05) is 41.7 Å². The molecule has 65 heavy (non-hydrogen) atoms. The third kappa shape index (κ3) is 21.0. The number of pyridine rings is 2. The number of amides is 4. The zero-order valence-electron chi connectivity index (χ0n) is 37.0. The van der Waals surface area contributed by atoms with E-state index in [-0.39, 0.29) is 18.7 Å². The van der Waals surface area contributed by atoms with Gasteiger partial charge in [-0.15, -0.1) is 0 Å². The minimum absolute atomic E-state index is 0.0934. The Balaban J connectivity index is 0.000000401. The summed E-state index contributed by atoms with van der Waals surface area (Å²) in [6.07, 6.45) is 8.31. The highest BCUT2D eigenvalue weighted by atomic mass is 16.4. The van der Waals surface area contributed by atoms with Crippen LogP contribution in [0.4, 0.5) is 4.79 Å². The van der Waals surface area contributed by atoms with Crippen molar-refractivity contribution in [2.45, 2.75) is 128 Å². The van der Waals surface area contributed by atoms with Crippen molar-refractivity contribution in [1.82, 2.24) is 36.1 Å². The van der Waals surface area contributed by atoms with Crippen LogP contribution in [-0.2, 0) is 41.9 Å². The first-order valence-corrected chi connectivity index (χ1v) is 22.1. The highest BCUT2D eigenvalue weighted by molar-refractivity contribution is 5.86. The largest absolute Gasteiger partial charge is 0.481 e. The molecule has 18 heteroatoms. The van der Waals surface area contributed by atoms with Crippen LogP contribution in [0.5, 0.6) is 0 Å².